The van der Waals surface area contributed by atoms with Crippen molar-refractivity contribution >= 4 is 55.8 Å². The lowest BCUT2D eigenvalue weighted by Crippen LogP contribution is -2.06. The standard InChI is InChI=1S/C12H9BrINO2S/c1-7-11(18-6-15-7)5-17-12(16)9-4-8(14)2-3-10(9)13/h2-4,6H,5H2,1H3. The maximum Gasteiger partial charge on any atom is 0.339 e. The van der Waals surface area contributed by atoms with Crippen molar-refractivity contribution in [1.29, 1.82) is 0 Å². The summed E-state index contributed by atoms with van der Waals surface area (Å²) < 4.78 is 7.03. The first-order chi connectivity index (χ1) is 8.58. The Labute approximate surface area is 131 Å². The fourth-order valence-corrected chi connectivity index (χ4v) is 2.92. The van der Waals surface area contributed by atoms with E-state index in [0.717, 1.165) is 18.6 Å². The van der Waals surface area contributed by atoms with Gasteiger partial charge in [0.15, 0.2) is 0 Å². The van der Waals surface area contributed by atoms with Gasteiger partial charge >= 0.3 is 5.97 Å². The number of rotatable bonds is 3. The largest absolute Gasteiger partial charge is 0.456 e. The normalized spacial score (nSPS) is 10.4. The third kappa shape index (κ3) is 3.30. The monoisotopic (exact) mass is 437 g/mol. The van der Waals surface area contributed by atoms with Crippen molar-refractivity contribution in [2.24, 2.45) is 0 Å². The van der Waals surface area contributed by atoms with Crippen LogP contribution in [0.4, 0.5) is 0 Å². The highest BCUT2D eigenvalue weighted by Gasteiger charge is 2.13. The Morgan fingerprint density at radius 2 is 2.33 bits per heavy atom. The highest BCUT2D eigenvalue weighted by atomic mass is 127. The van der Waals surface area contributed by atoms with Crippen molar-refractivity contribution in [1.82, 2.24) is 4.98 Å². The van der Waals surface area contributed by atoms with E-state index in [-0.39, 0.29) is 12.6 Å². The van der Waals surface area contributed by atoms with Crippen molar-refractivity contribution in [3.05, 3.63) is 47.9 Å². The van der Waals surface area contributed by atoms with Crippen LogP contribution in [0.5, 0.6) is 0 Å². The van der Waals surface area contributed by atoms with Crippen LogP contribution in [0.15, 0.2) is 28.2 Å². The zero-order valence-electron chi connectivity index (χ0n) is 9.44. The molecule has 0 N–H and O–H groups in total. The molecule has 0 aliphatic carbocycles. The molecule has 0 bridgehead atoms. The van der Waals surface area contributed by atoms with E-state index in [1.807, 2.05) is 19.1 Å². The van der Waals surface area contributed by atoms with E-state index in [0.29, 0.717) is 5.56 Å². The number of aryl methyl sites for hydroxylation is 1. The van der Waals surface area contributed by atoms with Gasteiger partial charge in [-0.25, -0.2) is 9.78 Å². The first-order valence-corrected chi connectivity index (χ1v) is 7.84. The molecule has 94 valence electrons. The number of hydrogen-bond donors (Lipinski definition) is 0. The van der Waals surface area contributed by atoms with E-state index in [9.17, 15) is 4.79 Å². The van der Waals surface area contributed by atoms with Crippen LogP contribution in [0.2, 0.25) is 0 Å². The van der Waals surface area contributed by atoms with Crippen LogP contribution in [-0.2, 0) is 11.3 Å². The molecule has 1 heterocycles. The minimum Gasteiger partial charge on any atom is -0.456 e. The van der Waals surface area contributed by atoms with Crippen LogP contribution in [0.3, 0.4) is 0 Å². The molecule has 0 saturated carbocycles. The molecule has 0 atom stereocenters. The van der Waals surface area contributed by atoms with Gasteiger partial charge < -0.3 is 4.74 Å². The lowest BCUT2D eigenvalue weighted by molar-refractivity contribution is 0.0475. The number of hydrogen-bond acceptors (Lipinski definition) is 4. The van der Waals surface area contributed by atoms with Crippen molar-refractivity contribution < 1.29 is 9.53 Å². The molecule has 2 rings (SSSR count). The average molecular weight is 438 g/mol. The summed E-state index contributed by atoms with van der Waals surface area (Å²) in [6.07, 6.45) is 0. The number of carbonyl (C=O) groups excluding carboxylic acids is 1. The van der Waals surface area contributed by atoms with Crippen molar-refractivity contribution in [3.63, 3.8) is 0 Å². The summed E-state index contributed by atoms with van der Waals surface area (Å²) in [4.78, 5) is 17.0. The van der Waals surface area contributed by atoms with Gasteiger partial charge in [0.05, 0.1) is 21.6 Å². The molecular formula is C12H9BrINO2S. The number of thiazole rings is 1. The second kappa shape index (κ2) is 6.12. The third-order valence-corrected chi connectivity index (χ3v) is 4.60. The minimum atomic E-state index is -0.326. The predicted octanol–water partition coefficient (Wildman–Crippen LogP) is 4.18. The molecule has 6 heteroatoms. The molecular weight excluding hydrogens is 429 g/mol. The highest BCUT2D eigenvalue weighted by molar-refractivity contribution is 14.1. The Kier molecular flexibility index (Phi) is 4.74. The number of benzene rings is 1. The van der Waals surface area contributed by atoms with Gasteiger partial charge in [0.1, 0.15) is 6.61 Å². The van der Waals surface area contributed by atoms with E-state index in [4.69, 9.17) is 4.74 Å². The zero-order chi connectivity index (χ0) is 13.1. The van der Waals surface area contributed by atoms with E-state index in [1.54, 1.807) is 11.6 Å². The Balaban J connectivity index is 2.08. The van der Waals surface area contributed by atoms with Crippen LogP contribution in [0.25, 0.3) is 0 Å². The third-order valence-electron chi connectivity index (χ3n) is 2.33. The molecule has 0 radical (unpaired) electrons. The van der Waals surface area contributed by atoms with Gasteiger partial charge in [0.25, 0.3) is 0 Å². The predicted molar refractivity (Wildman–Crippen MR) is 82.8 cm³/mol. The molecule has 0 aliphatic rings. The molecule has 0 saturated heterocycles. The van der Waals surface area contributed by atoms with Crippen LogP contribution in [0, 0.1) is 10.5 Å². The molecule has 18 heavy (non-hydrogen) atoms. The molecule has 2 aromatic rings. The number of nitrogens with zero attached hydrogens (tertiary/aromatic N) is 1. The quantitative estimate of drug-likeness (QED) is 0.534. The van der Waals surface area contributed by atoms with Gasteiger partial charge in [-0.15, -0.1) is 11.3 Å². The van der Waals surface area contributed by atoms with Crippen LogP contribution >= 0.6 is 49.9 Å². The van der Waals surface area contributed by atoms with E-state index >= 15 is 0 Å². The molecule has 0 spiro atoms. The summed E-state index contributed by atoms with van der Waals surface area (Å²) in [5, 5.41) is 0. The molecule has 0 unspecified atom stereocenters. The zero-order valence-corrected chi connectivity index (χ0v) is 14.0. The lowest BCUT2D eigenvalue weighted by atomic mass is 10.2. The van der Waals surface area contributed by atoms with Crippen LogP contribution in [-0.4, -0.2) is 11.0 Å². The van der Waals surface area contributed by atoms with Crippen LogP contribution in [0.1, 0.15) is 20.9 Å². The Morgan fingerprint density at radius 1 is 1.56 bits per heavy atom. The first kappa shape index (κ1) is 14.0. The van der Waals surface area contributed by atoms with Crippen molar-refractivity contribution in [3.8, 4) is 0 Å². The van der Waals surface area contributed by atoms with Gasteiger partial charge in [0, 0.05) is 8.04 Å². The SMILES string of the molecule is Cc1ncsc1COC(=O)c1cc(I)ccc1Br. The average Bonchev–Trinajstić information content (AvgIpc) is 2.75. The van der Waals surface area contributed by atoms with Crippen molar-refractivity contribution in [2.45, 2.75) is 13.5 Å². The maximum atomic E-state index is 12.0. The van der Waals surface area contributed by atoms with Gasteiger partial charge in [-0.05, 0) is 63.6 Å². The van der Waals surface area contributed by atoms with Crippen LogP contribution < -0.4 is 0 Å². The number of ether oxygens (including phenoxy) is 1. The van der Waals surface area contributed by atoms with E-state index in [2.05, 4.69) is 43.5 Å². The second-order valence-electron chi connectivity index (χ2n) is 3.56. The molecule has 0 aliphatic heterocycles. The molecule has 3 nitrogen and oxygen atoms in total. The Bertz CT molecular complexity index is 585. The second-order valence-corrected chi connectivity index (χ2v) is 6.60. The number of esters is 1. The number of carbonyl (C=O) groups is 1. The van der Waals surface area contributed by atoms with Gasteiger partial charge in [-0.2, -0.15) is 0 Å². The van der Waals surface area contributed by atoms with Gasteiger partial charge in [-0.1, -0.05) is 0 Å². The molecule has 1 aromatic carbocycles. The Morgan fingerprint density at radius 3 is 3.00 bits per heavy atom. The summed E-state index contributed by atoms with van der Waals surface area (Å²) >= 11 is 7.01. The topological polar surface area (TPSA) is 39.2 Å². The summed E-state index contributed by atoms with van der Waals surface area (Å²) in [6, 6.07) is 5.57. The van der Waals surface area contributed by atoms with E-state index in [1.165, 1.54) is 11.3 Å². The molecule has 0 amide bonds. The first-order valence-electron chi connectivity index (χ1n) is 5.09. The number of halogens is 2. The maximum absolute atomic E-state index is 12.0. The lowest BCUT2D eigenvalue weighted by Gasteiger charge is -2.06. The molecule has 0 fully saturated rings. The van der Waals surface area contributed by atoms with Gasteiger partial charge in [0.2, 0.25) is 0 Å². The molecule has 1 aromatic heterocycles. The summed E-state index contributed by atoms with van der Waals surface area (Å²) in [5.74, 6) is -0.326. The highest BCUT2D eigenvalue weighted by Crippen LogP contribution is 2.21. The smallest absolute Gasteiger partial charge is 0.339 e. The number of aromatic nitrogens is 1. The Hall–Kier alpha value is -0.470. The summed E-state index contributed by atoms with van der Waals surface area (Å²) in [5.41, 5.74) is 3.21. The van der Waals surface area contributed by atoms with E-state index < -0.39 is 0 Å². The van der Waals surface area contributed by atoms with Crippen molar-refractivity contribution in [2.75, 3.05) is 0 Å². The fourth-order valence-electron chi connectivity index (χ4n) is 1.33. The summed E-state index contributed by atoms with van der Waals surface area (Å²) in [7, 11) is 0. The minimum absolute atomic E-state index is 0.271. The van der Waals surface area contributed by atoms with Gasteiger partial charge in [-0.3, -0.25) is 0 Å². The fraction of sp³-hybridized carbons (Fsp3) is 0.167. The summed E-state index contributed by atoms with van der Waals surface area (Å²) in [6.45, 7) is 2.17.